The number of pyridine rings is 1. The van der Waals surface area contributed by atoms with Crippen LogP contribution in [0.5, 0.6) is 0 Å². The maximum absolute atomic E-state index is 11.9. The Kier molecular flexibility index (Phi) is 5.36. The molecule has 1 N–H and O–H groups in total. The van der Waals surface area contributed by atoms with E-state index in [9.17, 15) is 4.79 Å². The van der Waals surface area contributed by atoms with Gasteiger partial charge in [0.05, 0.1) is 41.7 Å². The van der Waals surface area contributed by atoms with E-state index in [4.69, 9.17) is 16.3 Å². The molecule has 0 fully saturated rings. The number of aromatic nitrogens is 6. The van der Waals surface area contributed by atoms with Crippen molar-refractivity contribution in [3.8, 4) is 17.2 Å². The number of rotatable bonds is 4. The third-order valence-electron chi connectivity index (χ3n) is 4.41. The first kappa shape index (κ1) is 20.8. The van der Waals surface area contributed by atoms with Crippen LogP contribution in [0.4, 0.5) is 4.79 Å². The Morgan fingerprint density at radius 1 is 1.19 bits per heavy atom. The summed E-state index contributed by atoms with van der Waals surface area (Å²) in [4.78, 5) is 17.7. The third-order valence-corrected chi connectivity index (χ3v) is 4.80. The standard InChI is InChI=1S/C21H22ClN7O2/c1-21(2,3)31-20(30)24-11-13-9-10-14(12-23-13)29-16-8-6-5-7-15(16)17(22)18(29)19-25-27-28(4)26-19/h5-10,12H,11H2,1-4H3,(H,24,30). The summed E-state index contributed by atoms with van der Waals surface area (Å²) in [6.45, 7) is 5.70. The number of nitrogens with zero attached hydrogens (tertiary/aromatic N) is 6. The summed E-state index contributed by atoms with van der Waals surface area (Å²) in [6.07, 6.45) is 1.23. The summed E-state index contributed by atoms with van der Waals surface area (Å²) < 4.78 is 7.20. The molecule has 0 saturated carbocycles. The van der Waals surface area contributed by atoms with Gasteiger partial charge in [0.1, 0.15) is 11.3 Å². The number of carbonyl (C=O) groups is 1. The Bertz CT molecular complexity index is 1240. The molecule has 0 radical (unpaired) electrons. The van der Waals surface area contributed by atoms with Crippen molar-refractivity contribution >= 4 is 28.6 Å². The van der Waals surface area contributed by atoms with Gasteiger partial charge in [-0.2, -0.15) is 4.80 Å². The molecule has 0 aliphatic rings. The van der Waals surface area contributed by atoms with E-state index < -0.39 is 11.7 Å². The summed E-state index contributed by atoms with van der Waals surface area (Å²) in [6, 6.07) is 11.5. The average Bonchev–Trinajstić information content (AvgIpc) is 3.27. The topological polar surface area (TPSA) is 99.8 Å². The van der Waals surface area contributed by atoms with Crippen molar-refractivity contribution in [2.45, 2.75) is 32.9 Å². The van der Waals surface area contributed by atoms with Crippen molar-refractivity contribution in [1.29, 1.82) is 0 Å². The maximum atomic E-state index is 11.9. The van der Waals surface area contributed by atoms with Gasteiger partial charge in [-0.15, -0.1) is 10.2 Å². The Labute approximate surface area is 184 Å². The number of nitrogens with one attached hydrogen (secondary N) is 1. The van der Waals surface area contributed by atoms with E-state index >= 15 is 0 Å². The van der Waals surface area contributed by atoms with Crippen LogP contribution < -0.4 is 5.32 Å². The van der Waals surface area contributed by atoms with Crippen molar-refractivity contribution in [3.05, 3.63) is 53.3 Å². The van der Waals surface area contributed by atoms with E-state index in [1.165, 1.54) is 4.80 Å². The van der Waals surface area contributed by atoms with E-state index in [0.717, 1.165) is 16.6 Å². The lowest BCUT2D eigenvalue weighted by Crippen LogP contribution is -2.32. The molecular formula is C21H22ClN7O2. The zero-order chi connectivity index (χ0) is 22.2. The quantitative estimate of drug-likeness (QED) is 0.517. The van der Waals surface area contributed by atoms with E-state index in [2.05, 4.69) is 25.7 Å². The first-order valence-electron chi connectivity index (χ1n) is 9.68. The number of aryl methyl sites for hydroxylation is 1. The van der Waals surface area contributed by atoms with Crippen LogP contribution in [-0.2, 0) is 18.3 Å². The molecule has 3 heterocycles. The predicted octanol–water partition coefficient (Wildman–Crippen LogP) is 3.89. The second-order valence-electron chi connectivity index (χ2n) is 7.98. The van der Waals surface area contributed by atoms with E-state index in [-0.39, 0.29) is 6.54 Å². The smallest absolute Gasteiger partial charge is 0.407 e. The lowest BCUT2D eigenvalue weighted by molar-refractivity contribution is 0.0523. The molecule has 0 saturated heterocycles. The van der Waals surface area contributed by atoms with Gasteiger partial charge in [-0.05, 0) is 44.2 Å². The Hall–Kier alpha value is -3.46. The van der Waals surface area contributed by atoms with Crippen molar-refractivity contribution < 1.29 is 9.53 Å². The number of hydrogen-bond acceptors (Lipinski definition) is 6. The minimum atomic E-state index is -0.555. The van der Waals surface area contributed by atoms with Gasteiger partial charge in [0, 0.05) is 5.39 Å². The van der Waals surface area contributed by atoms with Crippen molar-refractivity contribution in [2.24, 2.45) is 7.05 Å². The van der Waals surface area contributed by atoms with Crippen LogP contribution in [0.3, 0.4) is 0 Å². The molecule has 1 aromatic carbocycles. The van der Waals surface area contributed by atoms with Crippen molar-refractivity contribution in [1.82, 2.24) is 35.1 Å². The van der Waals surface area contributed by atoms with E-state index in [1.54, 1.807) is 13.2 Å². The number of carbonyl (C=O) groups excluding carboxylic acids is 1. The summed E-state index contributed by atoms with van der Waals surface area (Å²) in [5, 5.41) is 16.5. The monoisotopic (exact) mass is 439 g/mol. The van der Waals surface area contributed by atoms with Crippen LogP contribution in [-0.4, -0.2) is 41.5 Å². The van der Waals surface area contributed by atoms with Crippen LogP contribution in [0, 0.1) is 0 Å². The van der Waals surface area contributed by atoms with Crippen LogP contribution in [0.15, 0.2) is 42.6 Å². The zero-order valence-electron chi connectivity index (χ0n) is 17.6. The Balaban J connectivity index is 1.67. The number of alkyl carbamates (subject to hydrolysis) is 1. The Morgan fingerprint density at radius 2 is 1.97 bits per heavy atom. The van der Waals surface area contributed by atoms with Gasteiger partial charge in [-0.3, -0.25) is 4.98 Å². The molecule has 4 aromatic rings. The molecule has 0 aliphatic carbocycles. The molecule has 31 heavy (non-hydrogen) atoms. The van der Waals surface area contributed by atoms with Gasteiger partial charge in [0.2, 0.25) is 5.82 Å². The van der Waals surface area contributed by atoms with Gasteiger partial charge in [0.25, 0.3) is 0 Å². The van der Waals surface area contributed by atoms with Gasteiger partial charge < -0.3 is 14.6 Å². The second-order valence-corrected chi connectivity index (χ2v) is 8.36. The molecule has 0 spiro atoms. The molecule has 160 valence electrons. The lowest BCUT2D eigenvalue weighted by Gasteiger charge is -2.19. The number of fused-ring (bicyclic) bond motifs is 1. The van der Waals surface area contributed by atoms with Crippen LogP contribution in [0.1, 0.15) is 26.5 Å². The highest BCUT2D eigenvalue weighted by Gasteiger charge is 2.22. The summed E-state index contributed by atoms with van der Waals surface area (Å²) >= 11 is 6.70. The molecule has 0 atom stereocenters. The minimum Gasteiger partial charge on any atom is -0.444 e. The largest absolute Gasteiger partial charge is 0.444 e. The fraction of sp³-hybridized carbons (Fsp3) is 0.286. The molecule has 0 bridgehead atoms. The Morgan fingerprint density at radius 3 is 2.61 bits per heavy atom. The molecule has 9 nitrogen and oxygen atoms in total. The van der Waals surface area contributed by atoms with Gasteiger partial charge in [0.15, 0.2) is 0 Å². The van der Waals surface area contributed by atoms with Crippen molar-refractivity contribution in [3.63, 3.8) is 0 Å². The zero-order valence-corrected chi connectivity index (χ0v) is 18.4. The third kappa shape index (κ3) is 4.36. The van der Waals surface area contributed by atoms with E-state index in [0.29, 0.717) is 22.2 Å². The van der Waals surface area contributed by atoms with Crippen molar-refractivity contribution in [2.75, 3.05) is 0 Å². The van der Waals surface area contributed by atoms with Crippen LogP contribution in [0.2, 0.25) is 5.02 Å². The highest BCUT2D eigenvalue weighted by molar-refractivity contribution is 6.38. The number of ether oxygens (including phenoxy) is 1. The van der Waals surface area contributed by atoms with E-state index in [1.807, 2.05) is 61.7 Å². The molecule has 3 aromatic heterocycles. The molecule has 0 unspecified atom stereocenters. The molecule has 4 rings (SSSR count). The lowest BCUT2D eigenvalue weighted by atomic mass is 10.2. The SMILES string of the molecule is Cn1nnc(-c2c(Cl)c3ccccc3n2-c2ccc(CNC(=O)OC(C)(C)C)nc2)n1. The number of para-hydroxylation sites is 1. The summed E-state index contributed by atoms with van der Waals surface area (Å²) in [5.41, 5.74) is 2.46. The summed E-state index contributed by atoms with van der Waals surface area (Å²) in [7, 11) is 1.70. The fourth-order valence-corrected chi connectivity index (χ4v) is 3.50. The van der Waals surface area contributed by atoms with Gasteiger partial charge in [-0.25, -0.2) is 4.79 Å². The maximum Gasteiger partial charge on any atom is 0.407 e. The molecule has 1 amide bonds. The minimum absolute atomic E-state index is 0.251. The first-order valence-corrected chi connectivity index (χ1v) is 10.1. The average molecular weight is 440 g/mol. The number of amides is 1. The van der Waals surface area contributed by atoms with Crippen LogP contribution in [0.25, 0.3) is 28.1 Å². The predicted molar refractivity (Wildman–Crippen MR) is 117 cm³/mol. The van der Waals surface area contributed by atoms with Gasteiger partial charge >= 0.3 is 6.09 Å². The highest BCUT2D eigenvalue weighted by Crippen LogP contribution is 2.38. The van der Waals surface area contributed by atoms with Gasteiger partial charge in [-0.1, -0.05) is 29.8 Å². The highest BCUT2D eigenvalue weighted by atomic mass is 35.5. The number of hydrogen-bond donors (Lipinski definition) is 1. The van der Waals surface area contributed by atoms with Crippen LogP contribution >= 0.6 is 11.6 Å². The number of benzene rings is 1. The normalized spacial score (nSPS) is 11.6. The first-order chi connectivity index (χ1) is 14.7. The second kappa shape index (κ2) is 7.99. The molecule has 10 heteroatoms. The number of halogens is 1. The fourth-order valence-electron chi connectivity index (χ4n) is 3.18. The molecular weight excluding hydrogens is 418 g/mol. The number of tetrazole rings is 1. The summed E-state index contributed by atoms with van der Waals surface area (Å²) in [5.74, 6) is 0.416. The molecule has 0 aliphatic heterocycles.